The van der Waals surface area contributed by atoms with Crippen molar-refractivity contribution in [2.45, 2.75) is 32.3 Å². The summed E-state index contributed by atoms with van der Waals surface area (Å²) in [5.74, 6) is 0.828. The third-order valence-corrected chi connectivity index (χ3v) is 3.47. The van der Waals surface area contributed by atoms with E-state index in [1.165, 1.54) is 6.42 Å². The normalized spacial score (nSPS) is 16.8. The lowest BCUT2D eigenvalue weighted by Gasteiger charge is -2.29. The van der Waals surface area contributed by atoms with Crippen molar-refractivity contribution >= 4 is 11.6 Å². The van der Waals surface area contributed by atoms with Gasteiger partial charge < -0.3 is 15.0 Å². The summed E-state index contributed by atoms with van der Waals surface area (Å²) in [5, 5.41) is 3.05. The number of anilines is 1. The standard InChI is InChI=1S/C15H22N2O2/c1-12(15(18)17-10-4-3-5-11-17)19-14-8-6-13(16-2)7-9-14/h6-9,12,16H,3-5,10-11H2,1-2H3. The van der Waals surface area contributed by atoms with Crippen LogP contribution in [0, 0.1) is 0 Å². The molecule has 4 nitrogen and oxygen atoms in total. The van der Waals surface area contributed by atoms with Gasteiger partial charge in [-0.2, -0.15) is 0 Å². The minimum Gasteiger partial charge on any atom is -0.481 e. The minimum absolute atomic E-state index is 0.0948. The first-order valence-corrected chi connectivity index (χ1v) is 6.94. The van der Waals surface area contributed by atoms with E-state index in [1.807, 2.05) is 43.1 Å². The number of nitrogens with zero attached hydrogens (tertiary/aromatic N) is 1. The Morgan fingerprint density at radius 1 is 1.21 bits per heavy atom. The maximum atomic E-state index is 12.2. The average Bonchev–Trinajstić information content (AvgIpc) is 2.48. The summed E-state index contributed by atoms with van der Waals surface area (Å²) in [6, 6.07) is 7.64. The molecule has 1 unspecified atom stereocenters. The second-order valence-electron chi connectivity index (χ2n) is 4.92. The second kappa shape index (κ2) is 6.45. The second-order valence-corrected chi connectivity index (χ2v) is 4.92. The molecule has 19 heavy (non-hydrogen) atoms. The maximum absolute atomic E-state index is 12.2. The van der Waals surface area contributed by atoms with E-state index in [9.17, 15) is 4.79 Å². The van der Waals surface area contributed by atoms with E-state index in [4.69, 9.17) is 4.74 Å². The predicted molar refractivity (Wildman–Crippen MR) is 76.5 cm³/mol. The van der Waals surface area contributed by atoms with E-state index in [0.29, 0.717) is 0 Å². The third-order valence-electron chi connectivity index (χ3n) is 3.47. The molecule has 0 aromatic heterocycles. The molecule has 0 aliphatic carbocycles. The Morgan fingerprint density at radius 3 is 2.42 bits per heavy atom. The first kappa shape index (κ1) is 13.7. The number of rotatable bonds is 4. The van der Waals surface area contributed by atoms with Gasteiger partial charge in [0.25, 0.3) is 5.91 Å². The molecule has 0 spiro atoms. The molecular formula is C15H22N2O2. The SMILES string of the molecule is CNc1ccc(OC(C)C(=O)N2CCCCC2)cc1. The molecule has 1 saturated heterocycles. The first-order chi connectivity index (χ1) is 9.20. The molecule has 1 atom stereocenters. The first-order valence-electron chi connectivity index (χ1n) is 6.94. The number of benzene rings is 1. The van der Waals surface area contributed by atoms with E-state index in [-0.39, 0.29) is 5.91 Å². The lowest BCUT2D eigenvalue weighted by atomic mass is 10.1. The highest BCUT2D eigenvalue weighted by atomic mass is 16.5. The van der Waals surface area contributed by atoms with Crippen LogP contribution < -0.4 is 10.1 Å². The summed E-state index contributed by atoms with van der Waals surface area (Å²) in [7, 11) is 1.87. The molecule has 1 N–H and O–H groups in total. The number of likely N-dealkylation sites (tertiary alicyclic amines) is 1. The Balaban J connectivity index is 1.91. The van der Waals surface area contributed by atoms with E-state index in [0.717, 1.165) is 37.4 Å². The zero-order valence-corrected chi connectivity index (χ0v) is 11.7. The molecule has 1 aromatic carbocycles. The topological polar surface area (TPSA) is 41.6 Å². The van der Waals surface area contributed by atoms with E-state index in [1.54, 1.807) is 0 Å². The van der Waals surface area contributed by atoms with Gasteiger partial charge in [0.2, 0.25) is 0 Å². The zero-order chi connectivity index (χ0) is 13.7. The predicted octanol–water partition coefficient (Wildman–Crippen LogP) is 2.51. The number of hydrogen-bond donors (Lipinski definition) is 1. The largest absolute Gasteiger partial charge is 0.481 e. The Morgan fingerprint density at radius 2 is 1.84 bits per heavy atom. The highest BCUT2D eigenvalue weighted by Crippen LogP contribution is 2.18. The van der Waals surface area contributed by atoms with Gasteiger partial charge in [-0.1, -0.05) is 0 Å². The van der Waals surface area contributed by atoms with Gasteiger partial charge >= 0.3 is 0 Å². The van der Waals surface area contributed by atoms with Crippen LogP contribution >= 0.6 is 0 Å². The van der Waals surface area contributed by atoms with Gasteiger partial charge in [0.05, 0.1) is 0 Å². The Kier molecular flexibility index (Phi) is 4.66. The fraction of sp³-hybridized carbons (Fsp3) is 0.533. The van der Waals surface area contributed by atoms with Crippen LogP contribution in [0.4, 0.5) is 5.69 Å². The minimum atomic E-state index is -0.418. The molecule has 1 amide bonds. The van der Waals surface area contributed by atoms with E-state index < -0.39 is 6.10 Å². The van der Waals surface area contributed by atoms with Crippen molar-refractivity contribution in [3.05, 3.63) is 24.3 Å². The van der Waals surface area contributed by atoms with Gasteiger partial charge in [0, 0.05) is 25.8 Å². The van der Waals surface area contributed by atoms with Crippen LogP contribution in [-0.4, -0.2) is 37.0 Å². The van der Waals surface area contributed by atoms with Crippen LogP contribution in [0.2, 0.25) is 0 Å². The van der Waals surface area contributed by atoms with E-state index in [2.05, 4.69) is 5.32 Å². The fourth-order valence-corrected chi connectivity index (χ4v) is 2.33. The Labute approximate surface area is 114 Å². The van der Waals surface area contributed by atoms with Crippen LogP contribution in [0.1, 0.15) is 26.2 Å². The summed E-state index contributed by atoms with van der Waals surface area (Å²) < 4.78 is 5.71. The molecule has 1 aromatic rings. The number of hydrogen-bond acceptors (Lipinski definition) is 3. The van der Waals surface area contributed by atoms with Crippen molar-refractivity contribution in [2.75, 3.05) is 25.5 Å². The maximum Gasteiger partial charge on any atom is 0.263 e. The molecule has 104 valence electrons. The van der Waals surface area contributed by atoms with Gasteiger partial charge in [0.1, 0.15) is 5.75 Å². The van der Waals surface area contributed by atoms with Gasteiger partial charge in [-0.15, -0.1) is 0 Å². The third kappa shape index (κ3) is 3.63. The quantitative estimate of drug-likeness (QED) is 0.906. The lowest BCUT2D eigenvalue weighted by Crippen LogP contribution is -2.43. The lowest BCUT2D eigenvalue weighted by molar-refractivity contribution is -0.138. The van der Waals surface area contributed by atoms with Crippen LogP contribution in [0.25, 0.3) is 0 Å². The average molecular weight is 262 g/mol. The summed E-state index contributed by atoms with van der Waals surface area (Å²) in [6.45, 7) is 3.55. The van der Waals surface area contributed by atoms with Gasteiger partial charge in [-0.3, -0.25) is 4.79 Å². The van der Waals surface area contributed by atoms with Crippen molar-refractivity contribution in [1.29, 1.82) is 0 Å². The smallest absolute Gasteiger partial charge is 0.263 e. The molecule has 1 heterocycles. The highest BCUT2D eigenvalue weighted by molar-refractivity contribution is 5.81. The number of amides is 1. The van der Waals surface area contributed by atoms with Crippen LogP contribution in [0.5, 0.6) is 5.75 Å². The number of nitrogens with one attached hydrogen (secondary N) is 1. The van der Waals surface area contributed by atoms with Crippen LogP contribution in [0.15, 0.2) is 24.3 Å². The van der Waals surface area contributed by atoms with Gasteiger partial charge in [-0.05, 0) is 50.5 Å². The number of carbonyl (C=O) groups excluding carboxylic acids is 1. The number of carbonyl (C=O) groups is 1. The van der Waals surface area contributed by atoms with Crippen molar-refractivity contribution in [3.8, 4) is 5.75 Å². The molecule has 1 aliphatic heterocycles. The summed E-state index contributed by atoms with van der Waals surface area (Å²) in [5.41, 5.74) is 1.03. The van der Waals surface area contributed by atoms with E-state index >= 15 is 0 Å². The molecule has 1 fully saturated rings. The summed E-state index contributed by atoms with van der Waals surface area (Å²) in [4.78, 5) is 14.1. The number of ether oxygens (including phenoxy) is 1. The van der Waals surface area contributed by atoms with Gasteiger partial charge in [0.15, 0.2) is 6.10 Å². The monoisotopic (exact) mass is 262 g/mol. The molecule has 4 heteroatoms. The molecule has 0 saturated carbocycles. The molecule has 1 aliphatic rings. The van der Waals surface area contributed by atoms with Crippen molar-refractivity contribution in [3.63, 3.8) is 0 Å². The van der Waals surface area contributed by atoms with Crippen molar-refractivity contribution in [2.24, 2.45) is 0 Å². The summed E-state index contributed by atoms with van der Waals surface area (Å²) in [6.07, 6.45) is 3.02. The Bertz CT molecular complexity index is 411. The van der Waals surface area contributed by atoms with Crippen molar-refractivity contribution in [1.82, 2.24) is 4.90 Å². The Hall–Kier alpha value is -1.71. The molecule has 0 radical (unpaired) electrons. The highest BCUT2D eigenvalue weighted by Gasteiger charge is 2.23. The van der Waals surface area contributed by atoms with Gasteiger partial charge in [-0.25, -0.2) is 0 Å². The van der Waals surface area contributed by atoms with Crippen molar-refractivity contribution < 1.29 is 9.53 Å². The van der Waals surface area contributed by atoms with Crippen LogP contribution in [0.3, 0.4) is 0 Å². The number of piperidine rings is 1. The molecule has 2 rings (SSSR count). The van der Waals surface area contributed by atoms with Crippen LogP contribution in [-0.2, 0) is 4.79 Å². The zero-order valence-electron chi connectivity index (χ0n) is 11.7. The fourth-order valence-electron chi connectivity index (χ4n) is 2.33. The molecule has 0 bridgehead atoms. The summed E-state index contributed by atoms with van der Waals surface area (Å²) >= 11 is 0. The molecular weight excluding hydrogens is 240 g/mol.